The van der Waals surface area contributed by atoms with Crippen LogP contribution >= 0.6 is 0 Å². The molecule has 88 valence electrons. The van der Waals surface area contributed by atoms with Crippen LogP contribution in [0.25, 0.3) is 0 Å². The Balaban J connectivity index is 4.17. The van der Waals surface area contributed by atoms with Gasteiger partial charge in [-0.3, -0.25) is 9.59 Å². The van der Waals surface area contributed by atoms with Crippen LogP contribution in [0.4, 0.5) is 0 Å². The molecule has 0 aliphatic heterocycles. The highest BCUT2D eigenvalue weighted by Gasteiger charge is 2.23. The molecule has 0 aromatic rings. The molecule has 0 aliphatic rings. The molecule has 16 heavy (non-hydrogen) atoms. The van der Waals surface area contributed by atoms with E-state index < -0.39 is 23.8 Å². The van der Waals surface area contributed by atoms with Gasteiger partial charge in [0.15, 0.2) is 5.92 Å². The monoisotopic (exact) mass is 228 g/mol. The number of aliphatic carboxylic acids is 2. The molecular formula is C10H12O6. The van der Waals surface area contributed by atoms with Crippen molar-refractivity contribution in [3.63, 3.8) is 0 Å². The first kappa shape index (κ1) is 13.9. The van der Waals surface area contributed by atoms with Gasteiger partial charge in [0.2, 0.25) is 0 Å². The molecule has 0 spiro atoms. The molecule has 0 saturated carbocycles. The van der Waals surface area contributed by atoms with Gasteiger partial charge in [-0.05, 0) is 6.42 Å². The van der Waals surface area contributed by atoms with Crippen LogP contribution in [0.15, 0.2) is 24.3 Å². The second-order valence-corrected chi connectivity index (χ2v) is 2.78. The molecule has 0 aromatic heterocycles. The fraction of sp³-hybridized carbons (Fsp3) is 0.300. The summed E-state index contributed by atoms with van der Waals surface area (Å²) in [4.78, 5) is 31.5. The first-order valence-electron chi connectivity index (χ1n) is 4.35. The van der Waals surface area contributed by atoms with Crippen molar-refractivity contribution < 1.29 is 29.3 Å². The number of carbonyl (C=O) groups is 3. The van der Waals surface area contributed by atoms with Crippen molar-refractivity contribution in [2.24, 2.45) is 5.92 Å². The number of methoxy groups -OCH3 is 1. The van der Waals surface area contributed by atoms with Crippen LogP contribution in [0.5, 0.6) is 0 Å². The summed E-state index contributed by atoms with van der Waals surface area (Å²) < 4.78 is 4.31. The van der Waals surface area contributed by atoms with Gasteiger partial charge >= 0.3 is 17.9 Å². The zero-order valence-corrected chi connectivity index (χ0v) is 8.62. The van der Waals surface area contributed by atoms with E-state index in [4.69, 9.17) is 10.2 Å². The topological polar surface area (TPSA) is 101 Å². The molecule has 0 bridgehead atoms. The molecule has 0 rings (SSSR count). The number of hydrogen-bond donors (Lipinski definition) is 2. The van der Waals surface area contributed by atoms with Gasteiger partial charge in [0.25, 0.3) is 0 Å². The number of carboxylic acids is 2. The average Bonchev–Trinajstić information content (AvgIpc) is 2.21. The SMILES string of the molecule is COC(=O)/C=C/C=C/CC(C(=O)O)C(=O)O. The number of carbonyl (C=O) groups excluding carboxylic acids is 1. The first-order valence-corrected chi connectivity index (χ1v) is 4.35. The standard InChI is InChI=1S/C10H12O6/c1-16-8(11)6-4-2-3-5-7(9(12)13)10(14)15/h2-4,6-7H,5H2,1H3,(H,12,13)(H,14,15)/b3-2+,6-4+. The lowest BCUT2D eigenvalue weighted by Gasteiger charge is -2.01. The Morgan fingerprint density at radius 3 is 2.19 bits per heavy atom. The van der Waals surface area contributed by atoms with Gasteiger partial charge in [0.1, 0.15) is 0 Å². The maximum atomic E-state index is 10.6. The second kappa shape index (κ2) is 7.22. The first-order chi connectivity index (χ1) is 7.49. The van der Waals surface area contributed by atoms with Crippen LogP contribution in [0.1, 0.15) is 6.42 Å². The smallest absolute Gasteiger partial charge is 0.330 e. The Kier molecular flexibility index (Phi) is 6.27. The van der Waals surface area contributed by atoms with Crippen molar-refractivity contribution in [1.29, 1.82) is 0 Å². The molecule has 0 unspecified atom stereocenters. The third-order valence-electron chi connectivity index (χ3n) is 1.65. The quantitative estimate of drug-likeness (QED) is 0.296. The summed E-state index contributed by atoms with van der Waals surface area (Å²) in [6.45, 7) is 0. The molecule has 0 fully saturated rings. The van der Waals surface area contributed by atoms with E-state index in [1.54, 1.807) is 0 Å². The number of carboxylic acid groups (broad SMARTS) is 2. The number of allylic oxidation sites excluding steroid dienone is 3. The lowest BCUT2D eigenvalue weighted by molar-refractivity contribution is -0.154. The zero-order valence-electron chi connectivity index (χ0n) is 8.62. The summed E-state index contributed by atoms with van der Waals surface area (Å²) >= 11 is 0. The molecule has 6 nitrogen and oxygen atoms in total. The van der Waals surface area contributed by atoms with E-state index in [0.717, 1.165) is 6.08 Å². The van der Waals surface area contributed by atoms with Crippen molar-refractivity contribution >= 4 is 17.9 Å². The second-order valence-electron chi connectivity index (χ2n) is 2.78. The van der Waals surface area contributed by atoms with Gasteiger partial charge < -0.3 is 14.9 Å². The van der Waals surface area contributed by atoms with Gasteiger partial charge in [0.05, 0.1) is 7.11 Å². The highest BCUT2D eigenvalue weighted by atomic mass is 16.5. The maximum Gasteiger partial charge on any atom is 0.330 e. The van der Waals surface area contributed by atoms with Crippen LogP contribution in [-0.2, 0) is 19.1 Å². The summed E-state index contributed by atoms with van der Waals surface area (Å²) in [5.74, 6) is -4.80. The summed E-state index contributed by atoms with van der Waals surface area (Å²) in [5.41, 5.74) is 0. The Hall–Kier alpha value is -2.11. The highest BCUT2D eigenvalue weighted by Crippen LogP contribution is 2.04. The van der Waals surface area contributed by atoms with Crippen LogP contribution in [0.2, 0.25) is 0 Å². The third kappa shape index (κ3) is 5.58. The van der Waals surface area contributed by atoms with Gasteiger partial charge in [-0.15, -0.1) is 0 Å². The van der Waals surface area contributed by atoms with Gasteiger partial charge in [-0.2, -0.15) is 0 Å². The normalized spacial score (nSPS) is 11.1. The summed E-state index contributed by atoms with van der Waals surface area (Å²) in [5, 5.41) is 17.0. The number of esters is 1. The third-order valence-corrected chi connectivity index (χ3v) is 1.65. The molecular weight excluding hydrogens is 216 g/mol. The number of hydrogen-bond acceptors (Lipinski definition) is 4. The van der Waals surface area contributed by atoms with Crippen molar-refractivity contribution in [1.82, 2.24) is 0 Å². The predicted molar refractivity (Wildman–Crippen MR) is 53.7 cm³/mol. The summed E-state index contributed by atoms with van der Waals surface area (Å²) in [6, 6.07) is 0. The van der Waals surface area contributed by atoms with E-state index in [1.807, 2.05) is 0 Å². The number of ether oxygens (including phenoxy) is 1. The minimum absolute atomic E-state index is 0.143. The van der Waals surface area contributed by atoms with Crippen molar-refractivity contribution in [2.45, 2.75) is 6.42 Å². The van der Waals surface area contributed by atoms with Gasteiger partial charge in [0, 0.05) is 6.08 Å². The van der Waals surface area contributed by atoms with E-state index in [2.05, 4.69) is 4.74 Å². The van der Waals surface area contributed by atoms with E-state index in [1.165, 1.54) is 25.3 Å². The minimum Gasteiger partial charge on any atom is -0.481 e. The predicted octanol–water partition coefficient (Wildman–Crippen LogP) is 0.447. The van der Waals surface area contributed by atoms with Crippen LogP contribution < -0.4 is 0 Å². The molecule has 0 aromatic carbocycles. The van der Waals surface area contributed by atoms with Crippen LogP contribution in [0.3, 0.4) is 0 Å². The largest absolute Gasteiger partial charge is 0.481 e. The van der Waals surface area contributed by atoms with E-state index in [-0.39, 0.29) is 6.42 Å². The Bertz CT molecular complexity index is 314. The fourth-order valence-corrected chi connectivity index (χ4v) is 0.803. The van der Waals surface area contributed by atoms with Crippen molar-refractivity contribution in [3.8, 4) is 0 Å². The summed E-state index contributed by atoms with van der Waals surface area (Å²) in [7, 11) is 1.22. The molecule has 0 atom stereocenters. The molecule has 0 heterocycles. The van der Waals surface area contributed by atoms with Crippen molar-refractivity contribution in [3.05, 3.63) is 24.3 Å². The fourth-order valence-electron chi connectivity index (χ4n) is 0.803. The molecule has 0 saturated heterocycles. The Labute approximate surface area is 91.8 Å². The molecule has 0 radical (unpaired) electrons. The summed E-state index contributed by atoms with van der Waals surface area (Å²) in [6.07, 6.45) is 5.07. The Morgan fingerprint density at radius 1 is 1.19 bits per heavy atom. The van der Waals surface area contributed by atoms with E-state index in [9.17, 15) is 14.4 Å². The molecule has 6 heteroatoms. The lowest BCUT2D eigenvalue weighted by Crippen LogP contribution is -2.22. The minimum atomic E-state index is -1.47. The van der Waals surface area contributed by atoms with Gasteiger partial charge in [-0.1, -0.05) is 18.2 Å². The molecule has 0 aliphatic carbocycles. The van der Waals surface area contributed by atoms with Crippen molar-refractivity contribution in [2.75, 3.05) is 7.11 Å². The number of rotatable bonds is 6. The maximum absolute atomic E-state index is 10.6. The zero-order chi connectivity index (χ0) is 12.6. The highest BCUT2D eigenvalue weighted by molar-refractivity contribution is 5.93. The molecule has 2 N–H and O–H groups in total. The molecule has 0 amide bonds. The van der Waals surface area contributed by atoms with E-state index in [0.29, 0.717) is 0 Å². The lowest BCUT2D eigenvalue weighted by atomic mass is 10.1. The average molecular weight is 228 g/mol. The van der Waals surface area contributed by atoms with Gasteiger partial charge in [-0.25, -0.2) is 4.79 Å². The van der Waals surface area contributed by atoms with E-state index >= 15 is 0 Å². The van der Waals surface area contributed by atoms with Crippen LogP contribution in [-0.4, -0.2) is 35.2 Å². The Morgan fingerprint density at radius 2 is 1.75 bits per heavy atom. The van der Waals surface area contributed by atoms with Crippen LogP contribution in [0, 0.1) is 5.92 Å².